The molecule has 0 unspecified atom stereocenters. The van der Waals surface area contributed by atoms with Gasteiger partial charge in [-0.1, -0.05) is 24.3 Å². The molecule has 0 spiro atoms. The Bertz CT molecular complexity index is 1180. The van der Waals surface area contributed by atoms with E-state index in [9.17, 15) is 19.2 Å². The van der Waals surface area contributed by atoms with Crippen LogP contribution in [0.25, 0.3) is 6.08 Å². The highest BCUT2D eigenvalue weighted by Gasteiger charge is 2.36. The first-order chi connectivity index (χ1) is 16.2. The highest BCUT2D eigenvalue weighted by Crippen LogP contribution is 2.37. The van der Waals surface area contributed by atoms with Crippen molar-refractivity contribution in [2.75, 3.05) is 25.1 Å². The first-order valence-electron chi connectivity index (χ1n) is 10.4. The number of carbonyl (C=O) groups is 4. The molecule has 0 radical (unpaired) electrons. The van der Waals surface area contributed by atoms with Crippen LogP contribution in [-0.4, -0.2) is 52.8 Å². The lowest BCUT2D eigenvalue weighted by Crippen LogP contribution is -2.36. The molecule has 1 aliphatic rings. The van der Waals surface area contributed by atoms with Gasteiger partial charge in [-0.3, -0.25) is 19.3 Å². The van der Waals surface area contributed by atoms with Crippen LogP contribution in [0.5, 0.6) is 11.5 Å². The van der Waals surface area contributed by atoms with E-state index in [1.54, 1.807) is 37.3 Å². The van der Waals surface area contributed by atoms with E-state index < -0.39 is 36.2 Å². The fraction of sp³-hybridized carbons (Fsp3) is 0.250. The van der Waals surface area contributed by atoms with Crippen molar-refractivity contribution in [3.8, 4) is 11.5 Å². The maximum atomic E-state index is 12.9. The largest absolute Gasteiger partial charge is 0.490 e. The van der Waals surface area contributed by atoms with Crippen molar-refractivity contribution in [1.29, 1.82) is 0 Å². The van der Waals surface area contributed by atoms with Crippen LogP contribution in [0, 0.1) is 13.8 Å². The number of para-hydroxylation sites is 1. The summed E-state index contributed by atoms with van der Waals surface area (Å²) in [4.78, 5) is 49.8. The Morgan fingerprint density at radius 1 is 1.12 bits per heavy atom. The van der Waals surface area contributed by atoms with Crippen LogP contribution in [0.3, 0.4) is 0 Å². The Morgan fingerprint density at radius 2 is 1.85 bits per heavy atom. The van der Waals surface area contributed by atoms with Gasteiger partial charge in [0.25, 0.3) is 11.1 Å². The van der Waals surface area contributed by atoms with E-state index in [1.165, 1.54) is 6.08 Å². The standard InChI is InChI=1S/C24H24N2O7S/c1-4-32-18-10-6-8-16(22(18)33-13-21(28)29)11-19-23(30)26(24(31)34-19)12-20(27)25-17-9-5-7-14(2)15(17)3/h5-11H,4,12-13H2,1-3H3,(H,25,27)(H,28,29)/b19-11-. The molecule has 178 valence electrons. The van der Waals surface area contributed by atoms with Crippen LogP contribution < -0.4 is 14.8 Å². The van der Waals surface area contributed by atoms with Crippen LogP contribution in [0.2, 0.25) is 0 Å². The van der Waals surface area contributed by atoms with Crippen LogP contribution in [0.4, 0.5) is 10.5 Å². The Morgan fingerprint density at radius 3 is 2.56 bits per heavy atom. The molecule has 0 bridgehead atoms. The fourth-order valence-electron chi connectivity index (χ4n) is 3.20. The van der Waals surface area contributed by atoms with Gasteiger partial charge in [-0.15, -0.1) is 0 Å². The van der Waals surface area contributed by atoms with Gasteiger partial charge < -0.3 is 19.9 Å². The number of thioether (sulfide) groups is 1. The summed E-state index contributed by atoms with van der Waals surface area (Å²) in [6, 6.07) is 10.4. The van der Waals surface area contributed by atoms with E-state index >= 15 is 0 Å². The second kappa shape index (κ2) is 10.9. The fourth-order valence-corrected chi connectivity index (χ4v) is 4.03. The molecule has 3 rings (SSSR count). The smallest absolute Gasteiger partial charge is 0.341 e. The summed E-state index contributed by atoms with van der Waals surface area (Å²) in [6.45, 7) is 4.83. The van der Waals surface area contributed by atoms with E-state index in [2.05, 4.69) is 5.32 Å². The average molecular weight is 485 g/mol. The van der Waals surface area contributed by atoms with Crippen LogP contribution >= 0.6 is 11.8 Å². The molecule has 9 nitrogen and oxygen atoms in total. The van der Waals surface area contributed by atoms with Gasteiger partial charge in [0, 0.05) is 11.3 Å². The second-order valence-corrected chi connectivity index (χ2v) is 8.35. The Labute approximate surface area is 200 Å². The predicted octanol–water partition coefficient (Wildman–Crippen LogP) is 3.84. The number of rotatable bonds is 9. The minimum absolute atomic E-state index is 0.0818. The number of anilines is 1. The highest BCUT2D eigenvalue weighted by atomic mass is 32.2. The molecule has 2 N–H and O–H groups in total. The molecule has 1 aliphatic heterocycles. The molecule has 0 saturated carbocycles. The molecule has 0 atom stereocenters. The molecule has 0 aromatic heterocycles. The van der Waals surface area contributed by atoms with Crippen molar-refractivity contribution in [1.82, 2.24) is 4.90 Å². The molecule has 34 heavy (non-hydrogen) atoms. The summed E-state index contributed by atoms with van der Waals surface area (Å²) >= 11 is 0.689. The molecule has 3 amide bonds. The molecule has 10 heteroatoms. The number of imide groups is 1. The van der Waals surface area contributed by atoms with Crippen molar-refractivity contribution in [2.45, 2.75) is 20.8 Å². The number of carboxylic acid groups (broad SMARTS) is 1. The maximum Gasteiger partial charge on any atom is 0.341 e. The Hall–Kier alpha value is -3.79. The number of nitrogens with one attached hydrogen (secondary N) is 1. The minimum Gasteiger partial charge on any atom is -0.490 e. The first-order valence-corrected chi connectivity index (χ1v) is 11.2. The lowest BCUT2D eigenvalue weighted by molar-refractivity contribution is -0.139. The molecule has 2 aromatic carbocycles. The summed E-state index contributed by atoms with van der Waals surface area (Å²) in [6.07, 6.45) is 1.42. The van der Waals surface area contributed by atoms with Crippen molar-refractivity contribution < 1.29 is 33.8 Å². The summed E-state index contributed by atoms with van der Waals surface area (Å²) in [7, 11) is 0. The van der Waals surface area contributed by atoms with Gasteiger partial charge in [-0.05, 0) is 61.9 Å². The topological polar surface area (TPSA) is 122 Å². The third-order valence-corrected chi connectivity index (χ3v) is 5.90. The van der Waals surface area contributed by atoms with E-state index in [1.807, 2.05) is 19.9 Å². The number of benzene rings is 2. The zero-order chi connectivity index (χ0) is 24.8. The van der Waals surface area contributed by atoms with E-state index in [0.717, 1.165) is 16.0 Å². The highest BCUT2D eigenvalue weighted by molar-refractivity contribution is 8.18. The zero-order valence-electron chi connectivity index (χ0n) is 18.9. The van der Waals surface area contributed by atoms with E-state index in [-0.39, 0.29) is 10.7 Å². The van der Waals surface area contributed by atoms with Gasteiger partial charge in [0.15, 0.2) is 18.1 Å². The zero-order valence-corrected chi connectivity index (χ0v) is 19.7. The maximum absolute atomic E-state index is 12.9. The molecule has 1 fully saturated rings. The molecule has 2 aromatic rings. The molecule has 1 saturated heterocycles. The van der Waals surface area contributed by atoms with Gasteiger partial charge in [-0.2, -0.15) is 0 Å². The van der Waals surface area contributed by atoms with E-state index in [0.29, 0.717) is 35.4 Å². The second-order valence-electron chi connectivity index (χ2n) is 7.35. The summed E-state index contributed by atoms with van der Waals surface area (Å²) in [5, 5.41) is 11.1. The quantitative estimate of drug-likeness (QED) is 0.515. The number of carbonyl (C=O) groups excluding carboxylic acids is 3. The number of amides is 3. The first kappa shape index (κ1) is 24.8. The number of ether oxygens (including phenoxy) is 2. The van der Waals surface area contributed by atoms with Gasteiger partial charge in [0.1, 0.15) is 6.54 Å². The Balaban J connectivity index is 1.80. The SMILES string of the molecule is CCOc1cccc(/C=C2\SC(=O)N(CC(=O)Nc3cccc(C)c3C)C2=O)c1OCC(=O)O. The molecular formula is C24H24N2O7S. The van der Waals surface area contributed by atoms with Crippen LogP contribution in [0.15, 0.2) is 41.3 Å². The summed E-state index contributed by atoms with van der Waals surface area (Å²) < 4.78 is 10.9. The molecule has 0 aliphatic carbocycles. The van der Waals surface area contributed by atoms with Crippen molar-refractivity contribution >= 4 is 46.5 Å². The summed E-state index contributed by atoms with van der Waals surface area (Å²) in [5.74, 6) is -1.85. The lowest BCUT2D eigenvalue weighted by atomic mass is 10.1. The third kappa shape index (κ3) is 5.76. The van der Waals surface area contributed by atoms with Crippen molar-refractivity contribution in [3.05, 3.63) is 58.0 Å². The molecular weight excluding hydrogens is 460 g/mol. The normalized spacial score (nSPS) is 14.4. The monoisotopic (exact) mass is 484 g/mol. The van der Waals surface area contributed by atoms with Gasteiger partial charge >= 0.3 is 5.97 Å². The van der Waals surface area contributed by atoms with Crippen molar-refractivity contribution in [3.63, 3.8) is 0 Å². The number of nitrogens with zero attached hydrogens (tertiary/aromatic N) is 1. The van der Waals surface area contributed by atoms with Gasteiger partial charge in [0.2, 0.25) is 5.91 Å². The summed E-state index contributed by atoms with van der Waals surface area (Å²) in [5.41, 5.74) is 2.88. The predicted molar refractivity (Wildman–Crippen MR) is 128 cm³/mol. The molecule has 1 heterocycles. The third-order valence-electron chi connectivity index (χ3n) is 4.99. The van der Waals surface area contributed by atoms with Crippen molar-refractivity contribution in [2.24, 2.45) is 0 Å². The number of aryl methyl sites for hydroxylation is 1. The lowest BCUT2D eigenvalue weighted by Gasteiger charge is -2.14. The minimum atomic E-state index is -1.17. The number of carboxylic acids is 1. The van der Waals surface area contributed by atoms with Crippen LogP contribution in [-0.2, 0) is 14.4 Å². The van der Waals surface area contributed by atoms with Gasteiger partial charge in [-0.25, -0.2) is 4.79 Å². The number of hydrogen-bond acceptors (Lipinski definition) is 7. The Kier molecular flexibility index (Phi) is 7.95. The number of aliphatic carboxylic acids is 1. The van der Waals surface area contributed by atoms with E-state index in [4.69, 9.17) is 14.6 Å². The van der Waals surface area contributed by atoms with Gasteiger partial charge in [0.05, 0.1) is 11.5 Å². The number of hydrogen-bond donors (Lipinski definition) is 2. The average Bonchev–Trinajstić information content (AvgIpc) is 3.04. The van der Waals surface area contributed by atoms with Crippen LogP contribution in [0.1, 0.15) is 23.6 Å².